The molecule has 0 N–H and O–H groups in total. The molecule has 2 fully saturated rings. The number of furan rings is 1. The van der Waals surface area contributed by atoms with Crippen molar-refractivity contribution in [3.8, 4) is 0 Å². The Balaban J connectivity index is 1.31. The number of aromatic nitrogens is 2. The van der Waals surface area contributed by atoms with Crippen molar-refractivity contribution in [1.82, 2.24) is 14.9 Å². The number of nitrogens with zero attached hydrogens (tertiary/aromatic N) is 4. The molecule has 4 rings (SSSR count). The molecular weight excluding hydrogens is 316 g/mol. The quantitative estimate of drug-likeness (QED) is 0.802. The number of rotatable bonds is 4. The van der Waals surface area contributed by atoms with Gasteiger partial charge in [0.05, 0.1) is 6.20 Å². The third kappa shape index (κ3) is 3.57. The summed E-state index contributed by atoms with van der Waals surface area (Å²) in [6.45, 7) is 5.13. The highest BCUT2D eigenvalue weighted by Crippen LogP contribution is 2.47. The zero-order valence-electron chi connectivity index (χ0n) is 14.3. The summed E-state index contributed by atoms with van der Waals surface area (Å²) in [5.41, 5.74) is 0. The van der Waals surface area contributed by atoms with Gasteiger partial charge in [-0.2, -0.15) is 0 Å². The molecule has 6 nitrogen and oxygen atoms in total. The van der Waals surface area contributed by atoms with Crippen LogP contribution in [-0.2, 0) is 4.79 Å². The molecule has 1 aliphatic carbocycles. The van der Waals surface area contributed by atoms with Crippen LogP contribution in [0.25, 0.3) is 6.08 Å². The zero-order chi connectivity index (χ0) is 17.2. The molecule has 0 radical (unpaired) electrons. The number of anilines is 1. The summed E-state index contributed by atoms with van der Waals surface area (Å²) in [6.07, 6.45) is 9.69. The van der Waals surface area contributed by atoms with Gasteiger partial charge in [0.2, 0.25) is 5.91 Å². The lowest BCUT2D eigenvalue weighted by Crippen LogP contribution is -2.48. The summed E-state index contributed by atoms with van der Waals surface area (Å²) < 4.78 is 5.81. The van der Waals surface area contributed by atoms with Gasteiger partial charge < -0.3 is 14.2 Å². The summed E-state index contributed by atoms with van der Waals surface area (Å²) in [6, 6.07) is 3.97. The van der Waals surface area contributed by atoms with Crippen molar-refractivity contribution in [3.63, 3.8) is 0 Å². The first kappa shape index (κ1) is 15.9. The van der Waals surface area contributed by atoms with E-state index in [4.69, 9.17) is 4.42 Å². The highest BCUT2D eigenvalue weighted by molar-refractivity contribution is 5.91. The molecule has 3 heterocycles. The Morgan fingerprint density at radius 3 is 2.72 bits per heavy atom. The Labute approximate surface area is 147 Å². The maximum atomic E-state index is 12.4. The van der Waals surface area contributed by atoms with Gasteiger partial charge in [-0.25, -0.2) is 4.98 Å². The second-order valence-corrected chi connectivity index (χ2v) is 6.77. The molecule has 1 aliphatic heterocycles. The van der Waals surface area contributed by atoms with Gasteiger partial charge in [-0.1, -0.05) is 6.92 Å². The minimum atomic E-state index is 0.0246. The fourth-order valence-electron chi connectivity index (χ4n) is 3.25. The van der Waals surface area contributed by atoms with E-state index in [1.165, 1.54) is 6.42 Å². The van der Waals surface area contributed by atoms with Gasteiger partial charge in [0.15, 0.2) is 0 Å². The number of piperazine rings is 1. The van der Waals surface area contributed by atoms with Gasteiger partial charge in [0.25, 0.3) is 0 Å². The van der Waals surface area contributed by atoms with Gasteiger partial charge in [-0.05, 0) is 30.5 Å². The van der Waals surface area contributed by atoms with Crippen LogP contribution in [0.4, 0.5) is 5.82 Å². The largest absolute Gasteiger partial charge is 0.461 e. The molecule has 0 aromatic carbocycles. The van der Waals surface area contributed by atoms with Crippen LogP contribution in [0.5, 0.6) is 0 Å². The molecule has 1 amide bonds. The zero-order valence-corrected chi connectivity index (χ0v) is 14.3. The van der Waals surface area contributed by atoms with Crippen LogP contribution >= 0.6 is 0 Å². The van der Waals surface area contributed by atoms with Gasteiger partial charge in [-0.15, -0.1) is 0 Å². The molecule has 0 spiro atoms. The molecular formula is C19H22N4O2. The van der Waals surface area contributed by atoms with E-state index < -0.39 is 0 Å². The average molecular weight is 338 g/mol. The Morgan fingerprint density at radius 1 is 1.24 bits per heavy atom. The van der Waals surface area contributed by atoms with Crippen LogP contribution in [0.15, 0.2) is 41.2 Å². The van der Waals surface area contributed by atoms with Crippen LogP contribution in [0.2, 0.25) is 0 Å². The maximum Gasteiger partial charge on any atom is 0.246 e. The third-order valence-corrected chi connectivity index (χ3v) is 4.98. The molecule has 2 atom stereocenters. The molecule has 25 heavy (non-hydrogen) atoms. The number of amides is 1. The molecule has 2 aromatic rings. The lowest BCUT2D eigenvalue weighted by Gasteiger charge is -2.34. The minimum absolute atomic E-state index is 0.0246. The van der Waals surface area contributed by atoms with Crippen LogP contribution in [0, 0.1) is 5.92 Å². The maximum absolute atomic E-state index is 12.4. The summed E-state index contributed by atoms with van der Waals surface area (Å²) in [4.78, 5) is 24.8. The summed E-state index contributed by atoms with van der Waals surface area (Å²) in [5, 5.41) is 0. The predicted molar refractivity (Wildman–Crippen MR) is 95.1 cm³/mol. The number of carbonyl (C=O) groups is 1. The van der Waals surface area contributed by atoms with Crippen LogP contribution < -0.4 is 4.90 Å². The van der Waals surface area contributed by atoms with E-state index in [2.05, 4.69) is 21.8 Å². The van der Waals surface area contributed by atoms with Crippen molar-refractivity contribution < 1.29 is 9.21 Å². The van der Waals surface area contributed by atoms with Gasteiger partial charge in [0.1, 0.15) is 17.3 Å². The van der Waals surface area contributed by atoms with E-state index in [0.717, 1.165) is 36.3 Å². The van der Waals surface area contributed by atoms with Gasteiger partial charge >= 0.3 is 0 Å². The monoisotopic (exact) mass is 338 g/mol. The Hall–Kier alpha value is -2.63. The van der Waals surface area contributed by atoms with Crippen molar-refractivity contribution in [2.45, 2.75) is 19.3 Å². The summed E-state index contributed by atoms with van der Waals surface area (Å²) in [7, 11) is 0. The fraction of sp³-hybridized carbons (Fsp3) is 0.421. The van der Waals surface area contributed by atoms with Gasteiger partial charge in [-0.3, -0.25) is 9.78 Å². The average Bonchev–Trinajstić information content (AvgIpc) is 3.20. The Bertz CT molecular complexity index is 763. The lowest BCUT2D eigenvalue weighted by atomic mass is 10.2. The summed E-state index contributed by atoms with van der Waals surface area (Å²) in [5.74, 6) is 3.96. The normalized spacial score (nSPS) is 23.2. The summed E-state index contributed by atoms with van der Waals surface area (Å²) >= 11 is 0. The number of hydrogen-bond donors (Lipinski definition) is 0. The smallest absolute Gasteiger partial charge is 0.246 e. The second-order valence-electron chi connectivity index (χ2n) is 6.77. The molecule has 1 saturated heterocycles. The van der Waals surface area contributed by atoms with Gasteiger partial charge in [0, 0.05) is 50.6 Å². The molecule has 0 bridgehead atoms. The van der Waals surface area contributed by atoms with E-state index in [1.54, 1.807) is 30.7 Å². The van der Waals surface area contributed by atoms with E-state index >= 15 is 0 Å². The standard InChI is InChI=1S/C19H22N4O2/c1-14-12-16(14)17-4-2-15(25-17)3-5-19(24)23-10-8-22(9-11-23)18-13-20-6-7-21-18/h2-7,13-14,16H,8-12H2,1H3/b5-3+. The van der Waals surface area contributed by atoms with E-state index in [1.807, 2.05) is 17.0 Å². The molecule has 2 aromatic heterocycles. The number of hydrogen-bond acceptors (Lipinski definition) is 5. The highest BCUT2D eigenvalue weighted by Gasteiger charge is 2.36. The van der Waals surface area contributed by atoms with E-state index in [9.17, 15) is 4.79 Å². The van der Waals surface area contributed by atoms with Crippen LogP contribution in [0.3, 0.4) is 0 Å². The second kappa shape index (κ2) is 6.70. The highest BCUT2D eigenvalue weighted by atomic mass is 16.3. The first-order valence-corrected chi connectivity index (χ1v) is 8.78. The van der Waals surface area contributed by atoms with Crippen molar-refractivity contribution in [2.75, 3.05) is 31.1 Å². The fourth-order valence-corrected chi connectivity index (χ4v) is 3.25. The van der Waals surface area contributed by atoms with Crippen molar-refractivity contribution in [2.24, 2.45) is 5.92 Å². The molecule has 2 unspecified atom stereocenters. The van der Waals surface area contributed by atoms with Crippen molar-refractivity contribution >= 4 is 17.8 Å². The predicted octanol–water partition coefficient (Wildman–Crippen LogP) is 2.56. The van der Waals surface area contributed by atoms with Crippen LogP contribution in [0.1, 0.15) is 30.8 Å². The molecule has 2 aliphatic rings. The first-order chi connectivity index (χ1) is 12.2. The Kier molecular flexibility index (Phi) is 4.26. The SMILES string of the molecule is CC1CC1c1ccc(/C=C/C(=O)N2CCN(c3cnccn3)CC2)o1. The van der Waals surface area contributed by atoms with Crippen molar-refractivity contribution in [1.29, 1.82) is 0 Å². The molecule has 6 heteroatoms. The lowest BCUT2D eigenvalue weighted by molar-refractivity contribution is -0.126. The van der Waals surface area contributed by atoms with E-state index in [0.29, 0.717) is 19.0 Å². The third-order valence-electron chi connectivity index (χ3n) is 4.98. The van der Waals surface area contributed by atoms with Crippen LogP contribution in [-0.4, -0.2) is 47.0 Å². The molecule has 130 valence electrons. The molecule has 1 saturated carbocycles. The topological polar surface area (TPSA) is 62.5 Å². The van der Waals surface area contributed by atoms with E-state index in [-0.39, 0.29) is 5.91 Å². The Morgan fingerprint density at radius 2 is 2.04 bits per heavy atom. The van der Waals surface area contributed by atoms with Crippen molar-refractivity contribution in [3.05, 3.63) is 48.3 Å². The first-order valence-electron chi connectivity index (χ1n) is 8.78. The number of carbonyl (C=O) groups excluding carboxylic acids is 1. The minimum Gasteiger partial charge on any atom is -0.461 e.